The molecule has 1 heterocycles. The van der Waals surface area contributed by atoms with Crippen molar-refractivity contribution in [2.75, 3.05) is 0 Å². The topological polar surface area (TPSA) is 92.7 Å². The Labute approximate surface area is 169 Å². The van der Waals surface area contributed by atoms with Crippen LogP contribution >= 0.6 is 0 Å². The lowest BCUT2D eigenvalue weighted by atomic mass is 10.0. The van der Waals surface area contributed by atoms with Gasteiger partial charge in [0.05, 0.1) is 15.4 Å². The first-order chi connectivity index (χ1) is 13.9. The number of sulfonamides is 1. The lowest BCUT2D eigenvalue weighted by molar-refractivity contribution is 0.595. The second-order valence-electron chi connectivity index (χ2n) is 6.24. The number of sulfone groups is 1. The summed E-state index contributed by atoms with van der Waals surface area (Å²) in [5.41, 5.74) is 0.803. The van der Waals surface area contributed by atoms with Gasteiger partial charge in [-0.1, -0.05) is 66.7 Å². The Morgan fingerprint density at radius 3 is 1.66 bits per heavy atom. The fourth-order valence-corrected chi connectivity index (χ4v) is 5.35. The molecule has 0 spiro atoms. The predicted molar refractivity (Wildman–Crippen MR) is 111 cm³/mol. The van der Waals surface area contributed by atoms with E-state index in [1.165, 1.54) is 24.3 Å². The van der Waals surface area contributed by atoms with Crippen LogP contribution in [0.5, 0.6) is 0 Å². The Hall–Kier alpha value is -3.23. The van der Waals surface area contributed by atoms with Crippen LogP contribution < -0.4 is 5.32 Å². The quantitative estimate of drug-likeness (QED) is 0.679. The van der Waals surface area contributed by atoms with Crippen molar-refractivity contribution in [2.45, 2.75) is 9.79 Å². The molecule has 1 aliphatic heterocycles. The third-order valence-electron chi connectivity index (χ3n) is 4.33. The smallest absolute Gasteiger partial charge is 0.284 e. The van der Waals surface area contributed by atoms with Crippen LogP contribution in [0.15, 0.2) is 110 Å². The van der Waals surface area contributed by atoms with Gasteiger partial charge >= 0.3 is 0 Å². The molecule has 0 saturated heterocycles. The summed E-state index contributed by atoms with van der Waals surface area (Å²) in [5.74, 6) is -0.00504. The zero-order chi connectivity index (χ0) is 20.5. The van der Waals surface area contributed by atoms with Crippen molar-refractivity contribution in [3.05, 3.63) is 102 Å². The summed E-state index contributed by atoms with van der Waals surface area (Å²) in [6.07, 6.45) is 0. The molecule has 0 aliphatic carbocycles. The maximum absolute atomic E-state index is 13.1. The van der Waals surface area contributed by atoms with Crippen molar-refractivity contribution in [3.8, 4) is 0 Å². The monoisotopic (exact) mass is 424 g/mol. The van der Waals surface area contributed by atoms with Gasteiger partial charge in [0, 0.05) is 0 Å². The fourth-order valence-electron chi connectivity index (χ4n) is 2.90. The van der Waals surface area contributed by atoms with E-state index in [0.29, 0.717) is 5.56 Å². The van der Waals surface area contributed by atoms with Crippen molar-refractivity contribution in [1.29, 1.82) is 0 Å². The minimum atomic E-state index is -4.00. The third kappa shape index (κ3) is 3.59. The minimum absolute atomic E-state index is 0.00504. The third-order valence-corrected chi connectivity index (χ3v) is 7.36. The molecule has 0 radical (unpaired) electrons. The molecular weight excluding hydrogens is 408 g/mol. The van der Waals surface area contributed by atoms with Gasteiger partial charge in [0.25, 0.3) is 10.0 Å². The van der Waals surface area contributed by atoms with Crippen LogP contribution in [-0.4, -0.2) is 22.7 Å². The van der Waals surface area contributed by atoms with Crippen LogP contribution in [0.4, 0.5) is 0 Å². The summed E-state index contributed by atoms with van der Waals surface area (Å²) in [4.78, 5) is 0.141. The highest BCUT2D eigenvalue weighted by molar-refractivity contribution is 7.95. The Balaban J connectivity index is 1.86. The highest BCUT2D eigenvalue weighted by Crippen LogP contribution is 2.33. The van der Waals surface area contributed by atoms with E-state index in [1.807, 2.05) is 0 Å². The van der Waals surface area contributed by atoms with E-state index < -0.39 is 19.9 Å². The molecule has 29 heavy (non-hydrogen) atoms. The van der Waals surface area contributed by atoms with Gasteiger partial charge in [0.15, 0.2) is 10.9 Å². The highest BCUT2D eigenvalue weighted by Gasteiger charge is 2.37. The van der Waals surface area contributed by atoms with E-state index >= 15 is 0 Å². The fraction of sp³-hybridized carbons (Fsp3) is 0. The summed E-state index contributed by atoms with van der Waals surface area (Å²) >= 11 is 0. The van der Waals surface area contributed by atoms with E-state index in [-0.39, 0.29) is 26.2 Å². The number of hydrogen-bond acceptors (Lipinski definition) is 4. The van der Waals surface area contributed by atoms with Crippen molar-refractivity contribution in [1.82, 2.24) is 5.32 Å². The zero-order valence-corrected chi connectivity index (χ0v) is 16.7. The average Bonchev–Trinajstić information content (AvgIpc) is 2.73. The highest BCUT2D eigenvalue weighted by atomic mass is 32.2. The maximum Gasteiger partial charge on any atom is 0.284 e. The van der Waals surface area contributed by atoms with Gasteiger partial charge in [0.2, 0.25) is 9.84 Å². The molecule has 0 atom stereocenters. The molecule has 0 unspecified atom stereocenters. The van der Waals surface area contributed by atoms with Crippen molar-refractivity contribution in [3.63, 3.8) is 0 Å². The molecule has 3 aromatic carbocycles. The largest absolute Gasteiger partial charge is 0.329 e. The van der Waals surface area contributed by atoms with Gasteiger partial charge < -0.3 is 5.32 Å². The van der Waals surface area contributed by atoms with E-state index in [4.69, 9.17) is 0 Å². The van der Waals surface area contributed by atoms with Crippen molar-refractivity contribution >= 4 is 31.3 Å². The van der Waals surface area contributed by atoms with Gasteiger partial charge in [-0.3, -0.25) is 0 Å². The minimum Gasteiger partial charge on any atom is -0.329 e. The summed E-state index contributed by atoms with van der Waals surface area (Å²) in [5, 5.41) is 2.58. The van der Waals surface area contributed by atoms with Gasteiger partial charge in [-0.2, -0.15) is 8.42 Å². The molecule has 3 aromatic rings. The first-order valence-electron chi connectivity index (χ1n) is 8.67. The van der Waals surface area contributed by atoms with Crippen LogP contribution in [0.25, 0.3) is 5.57 Å². The van der Waals surface area contributed by atoms with E-state index in [1.54, 1.807) is 66.7 Å². The zero-order valence-electron chi connectivity index (χ0n) is 15.1. The number of hydrogen-bond donors (Lipinski definition) is 1. The van der Waals surface area contributed by atoms with Crippen LogP contribution in [0, 0.1) is 0 Å². The SMILES string of the molecule is O=S(=O)(/N=C1\NC(S(=O)(=O)c2ccccc2)=C1c1ccccc1)c1ccccc1. The normalized spacial score (nSPS) is 15.7. The molecule has 0 amide bonds. The van der Waals surface area contributed by atoms with Gasteiger partial charge in [-0.05, 0) is 29.8 Å². The second-order valence-corrected chi connectivity index (χ2v) is 9.73. The first-order valence-corrected chi connectivity index (χ1v) is 11.6. The summed E-state index contributed by atoms with van der Waals surface area (Å²) < 4.78 is 55.2. The molecule has 1 N–H and O–H groups in total. The molecule has 6 nitrogen and oxygen atoms in total. The van der Waals surface area contributed by atoms with E-state index in [0.717, 1.165) is 0 Å². The molecule has 0 saturated carbocycles. The molecule has 8 heteroatoms. The van der Waals surface area contributed by atoms with Crippen LogP contribution in [0.3, 0.4) is 0 Å². The molecule has 146 valence electrons. The molecule has 0 fully saturated rings. The number of benzene rings is 3. The van der Waals surface area contributed by atoms with E-state index in [2.05, 4.69) is 9.71 Å². The van der Waals surface area contributed by atoms with Crippen molar-refractivity contribution in [2.24, 2.45) is 4.40 Å². The molecule has 4 rings (SSSR count). The van der Waals surface area contributed by atoms with Crippen LogP contribution in [-0.2, 0) is 19.9 Å². The second kappa shape index (κ2) is 7.31. The molecular formula is C21H16N2O4S2. The molecule has 1 aliphatic rings. The number of rotatable bonds is 5. The van der Waals surface area contributed by atoms with Gasteiger partial charge in [-0.25, -0.2) is 8.42 Å². The summed E-state index contributed by atoms with van der Waals surface area (Å²) in [6, 6.07) is 24.4. The Kier molecular flexibility index (Phi) is 4.81. The Morgan fingerprint density at radius 2 is 1.10 bits per heavy atom. The number of nitrogens with one attached hydrogen (secondary N) is 1. The molecule has 0 aromatic heterocycles. The average molecular weight is 425 g/mol. The van der Waals surface area contributed by atoms with Crippen molar-refractivity contribution < 1.29 is 16.8 Å². The summed E-state index contributed by atoms with van der Waals surface area (Å²) in [6.45, 7) is 0. The Morgan fingerprint density at radius 1 is 0.621 bits per heavy atom. The lowest BCUT2D eigenvalue weighted by Gasteiger charge is -2.27. The molecule has 0 bridgehead atoms. The Bertz CT molecular complexity index is 1320. The number of nitrogens with zero attached hydrogens (tertiary/aromatic N) is 1. The van der Waals surface area contributed by atoms with Crippen LogP contribution in [0.1, 0.15) is 5.56 Å². The lowest BCUT2D eigenvalue weighted by Crippen LogP contribution is -2.41. The summed E-state index contributed by atoms with van der Waals surface area (Å²) in [7, 11) is -7.86. The van der Waals surface area contributed by atoms with Gasteiger partial charge in [-0.15, -0.1) is 4.40 Å². The predicted octanol–water partition coefficient (Wildman–Crippen LogP) is 3.22. The van der Waals surface area contributed by atoms with Crippen LogP contribution in [0.2, 0.25) is 0 Å². The standard InChI is InChI=1S/C21H16N2O4S2/c24-28(25,17-12-6-2-7-13-17)21-19(16-10-4-1-5-11-16)20(22-21)23-29(26,27)18-14-8-3-9-15-18/h1-15H,(H,22,23). The van der Waals surface area contributed by atoms with E-state index in [9.17, 15) is 16.8 Å². The number of amidine groups is 1. The van der Waals surface area contributed by atoms with Gasteiger partial charge in [0.1, 0.15) is 0 Å². The first kappa shape index (κ1) is 19.1. The maximum atomic E-state index is 13.1.